The van der Waals surface area contributed by atoms with E-state index in [2.05, 4.69) is 35.2 Å². The summed E-state index contributed by atoms with van der Waals surface area (Å²) in [6.07, 6.45) is 9.03. The van der Waals surface area contributed by atoms with Gasteiger partial charge in [0.1, 0.15) is 18.1 Å². The fraction of sp³-hybridized carbons (Fsp3) is 0.474. The van der Waals surface area contributed by atoms with Gasteiger partial charge in [-0.25, -0.2) is 4.98 Å². The zero-order valence-corrected chi connectivity index (χ0v) is 14.4. The average Bonchev–Trinajstić information content (AvgIpc) is 3.10. The third-order valence-electron chi connectivity index (χ3n) is 4.64. The number of hydrogen-bond acceptors (Lipinski definition) is 5. The van der Waals surface area contributed by atoms with Crippen LogP contribution < -0.4 is 10.1 Å². The summed E-state index contributed by atoms with van der Waals surface area (Å²) in [6, 6.07) is 4.06. The summed E-state index contributed by atoms with van der Waals surface area (Å²) in [6.45, 7) is 5.81. The molecular weight excluding hydrogens is 302 g/mol. The van der Waals surface area contributed by atoms with Gasteiger partial charge in [0.2, 0.25) is 0 Å². The molecular formula is C19H25N3O2. The SMILES string of the molecule is CC(C)N1CNC=C1C1=C(COc2cccnc2C=O)CCCC1. The third kappa shape index (κ3) is 3.45. The Bertz CT molecular complexity index is 664. The molecule has 0 fully saturated rings. The lowest BCUT2D eigenvalue weighted by Crippen LogP contribution is -2.31. The highest BCUT2D eigenvalue weighted by molar-refractivity contribution is 5.76. The monoisotopic (exact) mass is 327 g/mol. The largest absolute Gasteiger partial charge is 0.487 e. The minimum absolute atomic E-state index is 0.362. The summed E-state index contributed by atoms with van der Waals surface area (Å²) in [5.41, 5.74) is 4.39. The van der Waals surface area contributed by atoms with Gasteiger partial charge in [-0.1, -0.05) is 0 Å². The van der Waals surface area contributed by atoms with E-state index >= 15 is 0 Å². The standard InChI is InChI=1S/C19H25N3O2/c1-14(2)22-13-20-10-18(22)16-7-4-3-6-15(16)12-24-19-8-5-9-21-17(19)11-23/h5,8-11,14,20H,3-4,6-7,12-13H2,1-2H3. The number of rotatable bonds is 6. The fourth-order valence-electron chi connectivity index (χ4n) is 3.34. The molecule has 0 saturated heterocycles. The first-order valence-electron chi connectivity index (χ1n) is 8.65. The van der Waals surface area contributed by atoms with E-state index in [0.29, 0.717) is 24.1 Å². The summed E-state index contributed by atoms with van der Waals surface area (Å²) >= 11 is 0. The van der Waals surface area contributed by atoms with Gasteiger partial charge in [-0.3, -0.25) is 4.79 Å². The minimum Gasteiger partial charge on any atom is -0.487 e. The number of nitrogens with zero attached hydrogens (tertiary/aromatic N) is 2. The van der Waals surface area contributed by atoms with Gasteiger partial charge in [0.15, 0.2) is 6.29 Å². The number of carbonyl (C=O) groups is 1. The summed E-state index contributed by atoms with van der Waals surface area (Å²) in [5.74, 6) is 0.559. The first-order chi connectivity index (χ1) is 11.7. The molecule has 0 saturated carbocycles. The molecule has 0 unspecified atom stereocenters. The van der Waals surface area contributed by atoms with Gasteiger partial charge < -0.3 is 15.0 Å². The Morgan fingerprint density at radius 3 is 3.00 bits per heavy atom. The maximum absolute atomic E-state index is 11.1. The van der Waals surface area contributed by atoms with E-state index in [-0.39, 0.29) is 0 Å². The summed E-state index contributed by atoms with van der Waals surface area (Å²) in [4.78, 5) is 17.5. The van der Waals surface area contributed by atoms with Crippen molar-refractivity contribution in [2.24, 2.45) is 0 Å². The van der Waals surface area contributed by atoms with Crippen LogP contribution in [0.25, 0.3) is 0 Å². The van der Waals surface area contributed by atoms with E-state index in [9.17, 15) is 4.79 Å². The highest BCUT2D eigenvalue weighted by atomic mass is 16.5. The molecule has 0 radical (unpaired) electrons. The molecule has 5 heteroatoms. The molecule has 5 nitrogen and oxygen atoms in total. The van der Waals surface area contributed by atoms with Crippen molar-refractivity contribution < 1.29 is 9.53 Å². The number of aldehydes is 1. The first kappa shape index (κ1) is 16.6. The number of hydrogen-bond donors (Lipinski definition) is 1. The van der Waals surface area contributed by atoms with Crippen molar-refractivity contribution in [2.45, 2.75) is 45.6 Å². The molecule has 0 aromatic carbocycles. The third-order valence-corrected chi connectivity index (χ3v) is 4.64. The van der Waals surface area contributed by atoms with Crippen LogP contribution in [0.4, 0.5) is 0 Å². The molecule has 1 aliphatic heterocycles. The van der Waals surface area contributed by atoms with Gasteiger partial charge in [-0.2, -0.15) is 0 Å². The van der Waals surface area contributed by atoms with E-state index in [0.717, 1.165) is 25.8 Å². The van der Waals surface area contributed by atoms with Crippen LogP contribution in [0.2, 0.25) is 0 Å². The van der Waals surface area contributed by atoms with Crippen molar-refractivity contribution in [3.63, 3.8) is 0 Å². The van der Waals surface area contributed by atoms with Crippen LogP contribution in [0.5, 0.6) is 5.75 Å². The molecule has 0 atom stereocenters. The topological polar surface area (TPSA) is 54.5 Å². The van der Waals surface area contributed by atoms with Gasteiger partial charge in [-0.05, 0) is 62.8 Å². The van der Waals surface area contributed by atoms with Crippen LogP contribution in [0, 0.1) is 0 Å². The summed E-state index contributed by atoms with van der Waals surface area (Å²) in [7, 11) is 0. The molecule has 1 aliphatic carbocycles. The molecule has 24 heavy (non-hydrogen) atoms. The molecule has 0 bridgehead atoms. The van der Waals surface area contributed by atoms with Crippen molar-refractivity contribution in [1.29, 1.82) is 0 Å². The number of carbonyl (C=O) groups excluding carboxylic acids is 1. The molecule has 0 spiro atoms. The fourth-order valence-corrected chi connectivity index (χ4v) is 3.34. The Morgan fingerprint density at radius 1 is 1.38 bits per heavy atom. The molecule has 128 valence electrons. The van der Waals surface area contributed by atoms with Crippen molar-refractivity contribution in [3.05, 3.63) is 47.1 Å². The second kappa shape index (κ2) is 7.51. The predicted molar refractivity (Wildman–Crippen MR) is 93.7 cm³/mol. The van der Waals surface area contributed by atoms with E-state index < -0.39 is 0 Å². The molecule has 3 rings (SSSR count). The lowest BCUT2D eigenvalue weighted by Gasteiger charge is -2.30. The second-order valence-electron chi connectivity index (χ2n) is 6.54. The van der Waals surface area contributed by atoms with Crippen molar-refractivity contribution in [3.8, 4) is 5.75 Å². The molecule has 0 amide bonds. The maximum atomic E-state index is 11.1. The maximum Gasteiger partial charge on any atom is 0.172 e. The molecule has 1 aromatic rings. The zero-order chi connectivity index (χ0) is 16.9. The number of aromatic nitrogens is 1. The molecule has 2 heterocycles. The Kier molecular flexibility index (Phi) is 5.18. The lowest BCUT2D eigenvalue weighted by atomic mass is 9.89. The highest BCUT2D eigenvalue weighted by Crippen LogP contribution is 2.33. The lowest BCUT2D eigenvalue weighted by molar-refractivity contribution is 0.111. The van der Waals surface area contributed by atoms with Crippen LogP contribution in [0.3, 0.4) is 0 Å². The zero-order valence-electron chi connectivity index (χ0n) is 14.4. The Balaban J connectivity index is 1.81. The Morgan fingerprint density at radius 2 is 2.21 bits per heavy atom. The average molecular weight is 327 g/mol. The Labute approximate surface area is 143 Å². The van der Waals surface area contributed by atoms with Crippen molar-refractivity contribution in [1.82, 2.24) is 15.2 Å². The van der Waals surface area contributed by atoms with Gasteiger partial charge >= 0.3 is 0 Å². The number of allylic oxidation sites excluding steroid dienone is 1. The molecule has 2 aliphatic rings. The van der Waals surface area contributed by atoms with E-state index in [4.69, 9.17) is 4.74 Å². The smallest absolute Gasteiger partial charge is 0.172 e. The van der Waals surface area contributed by atoms with Gasteiger partial charge in [0.05, 0.1) is 12.4 Å². The molecule has 1 aromatic heterocycles. The quantitative estimate of drug-likeness (QED) is 0.813. The summed E-state index contributed by atoms with van der Waals surface area (Å²) in [5, 5.41) is 3.35. The summed E-state index contributed by atoms with van der Waals surface area (Å²) < 4.78 is 5.94. The van der Waals surface area contributed by atoms with Crippen LogP contribution >= 0.6 is 0 Å². The van der Waals surface area contributed by atoms with Crippen molar-refractivity contribution in [2.75, 3.05) is 13.3 Å². The first-order valence-corrected chi connectivity index (χ1v) is 8.65. The second-order valence-corrected chi connectivity index (χ2v) is 6.54. The van der Waals surface area contributed by atoms with Crippen LogP contribution in [0.1, 0.15) is 50.0 Å². The number of ether oxygens (including phenoxy) is 1. The normalized spacial score (nSPS) is 17.8. The minimum atomic E-state index is 0.362. The number of pyridine rings is 1. The predicted octanol–water partition coefficient (Wildman–Crippen LogP) is 3.26. The van der Waals surface area contributed by atoms with E-state index in [1.165, 1.54) is 29.7 Å². The van der Waals surface area contributed by atoms with Crippen LogP contribution in [-0.4, -0.2) is 35.5 Å². The van der Waals surface area contributed by atoms with E-state index in [1.54, 1.807) is 18.3 Å². The van der Waals surface area contributed by atoms with Crippen LogP contribution in [0.15, 0.2) is 41.4 Å². The Hall–Kier alpha value is -2.30. The number of nitrogens with one attached hydrogen (secondary N) is 1. The van der Waals surface area contributed by atoms with Gasteiger partial charge in [0, 0.05) is 18.4 Å². The van der Waals surface area contributed by atoms with Gasteiger partial charge in [-0.15, -0.1) is 0 Å². The van der Waals surface area contributed by atoms with Crippen molar-refractivity contribution >= 4 is 6.29 Å². The van der Waals surface area contributed by atoms with Gasteiger partial charge in [0.25, 0.3) is 0 Å². The van der Waals surface area contributed by atoms with Crippen LogP contribution in [-0.2, 0) is 0 Å². The molecule has 1 N–H and O–H groups in total. The van der Waals surface area contributed by atoms with E-state index in [1.807, 2.05) is 0 Å². The highest BCUT2D eigenvalue weighted by Gasteiger charge is 2.25.